The SMILES string of the molecule is Cc1ccc2c(F)cc(Br)[c]c2c1. The Labute approximate surface area is 84.5 Å². The van der Waals surface area contributed by atoms with Gasteiger partial charge in [-0.15, -0.1) is 0 Å². The zero-order valence-corrected chi connectivity index (χ0v) is 8.65. The van der Waals surface area contributed by atoms with Gasteiger partial charge < -0.3 is 0 Å². The van der Waals surface area contributed by atoms with Gasteiger partial charge in [0.1, 0.15) is 5.82 Å². The molecule has 0 atom stereocenters. The highest BCUT2D eigenvalue weighted by Crippen LogP contribution is 2.23. The fraction of sp³-hybridized carbons (Fsp3) is 0.0909. The molecular formula is C11H7BrF. The maximum atomic E-state index is 13.3. The lowest BCUT2D eigenvalue weighted by Crippen LogP contribution is -1.81. The Morgan fingerprint density at radius 3 is 2.85 bits per heavy atom. The number of halogens is 2. The summed E-state index contributed by atoms with van der Waals surface area (Å²) in [5.74, 6) is -0.208. The smallest absolute Gasteiger partial charge is 0.132 e. The molecule has 0 aliphatic rings. The van der Waals surface area contributed by atoms with Crippen molar-refractivity contribution < 1.29 is 4.39 Å². The molecule has 2 aromatic carbocycles. The third-order valence-corrected chi connectivity index (χ3v) is 2.37. The third-order valence-electron chi connectivity index (χ3n) is 1.94. The molecule has 0 nitrogen and oxygen atoms in total. The van der Waals surface area contributed by atoms with E-state index in [0.717, 1.165) is 10.9 Å². The van der Waals surface area contributed by atoms with Gasteiger partial charge in [0.15, 0.2) is 0 Å². The molecule has 0 heterocycles. The molecule has 0 amide bonds. The van der Waals surface area contributed by atoms with Crippen LogP contribution in [0.15, 0.2) is 28.7 Å². The molecule has 65 valence electrons. The van der Waals surface area contributed by atoms with E-state index in [1.165, 1.54) is 6.07 Å². The summed E-state index contributed by atoms with van der Waals surface area (Å²) in [6.07, 6.45) is 0. The van der Waals surface area contributed by atoms with E-state index >= 15 is 0 Å². The molecule has 0 aliphatic carbocycles. The topological polar surface area (TPSA) is 0 Å². The minimum atomic E-state index is -0.208. The second-order valence-corrected chi connectivity index (χ2v) is 3.87. The minimum Gasteiger partial charge on any atom is -0.206 e. The lowest BCUT2D eigenvalue weighted by molar-refractivity contribution is 0.639. The van der Waals surface area contributed by atoms with Crippen LogP contribution >= 0.6 is 15.9 Å². The first-order valence-electron chi connectivity index (χ1n) is 3.94. The van der Waals surface area contributed by atoms with Crippen molar-refractivity contribution in [2.24, 2.45) is 0 Å². The van der Waals surface area contributed by atoms with Crippen LogP contribution in [0.25, 0.3) is 10.8 Å². The average molecular weight is 238 g/mol. The summed E-state index contributed by atoms with van der Waals surface area (Å²) in [6, 6.07) is 10.1. The second kappa shape index (κ2) is 3.11. The van der Waals surface area contributed by atoms with E-state index in [4.69, 9.17) is 0 Å². The van der Waals surface area contributed by atoms with E-state index < -0.39 is 0 Å². The fourth-order valence-electron chi connectivity index (χ4n) is 1.32. The predicted molar refractivity (Wildman–Crippen MR) is 55.2 cm³/mol. The highest BCUT2D eigenvalue weighted by Gasteiger charge is 2.02. The van der Waals surface area contributed by atoms with Crippen LogP contribution in [0.5, 0.6) is 0 Å². The molecule has 0 aromatic heterocycles. The van der Waals surface area contributed by atoms with E-state index in [1.807, 2.05) is 19.1 Å². The van der Waals surface area contributed by atoms with Gasteiger partial charge in [0.2, 0.25) is 0 Å². The number of hydrogen-bond acceptors (Lipinski definition) is 0. The summed E-state index contributed by atoms with van der Waals surface area (Å²) in [5, 5.41) is 1.43. The summed E-state index contributed by atoms with van der Waals surface area (Å²) < 4.78 is 14.0. The maximum absolute atomic E-state index is 13.3. The highest BCUT2D eigenvalue weighted by atomic mass is 79.9. The van der Waals surface area contributed by atoms with Crippen LogP contribution in [0.1, 0.15) is 5.56 Å². The van der Waals surface area contributed by atoms with Crippen LogP contribution in [-0.4, -0.2) is 0 Å². The lowest BCUT2D eigenvalue weighted by atomic mass is 10.1. The zero-order valence-electron chi connectivity index (χ0n) is 7.07. The Morgan fingerprint density at radius 1 is 1.31 bits per heavy atom. The molecule has 0 saturated carbocycles. The van der Waals surface area contributed by atoms with Crippen molar-refractivity contribution in [3.8, 4) is 0 Å². The quantitative estimate of drug-likeness (QED) is 0.653. The number of fused-ring (bicyclic) bond motifs is 1. The molecule has 2 rings (SSSR count). The largest absolute Gasteiger partial charge is 0.206 e. The Hall–Kier alpha value is -0.890. The standard InChI is InChI=1S/C11H7BrF/c1-7-2-3-10-8(4-7)5-9(12)6-11(10)13/h2-4,6H,1H3. The van der Waals surface area contributed by atoms with Crippen molar-refractivity contribution in [1.29, 1.82) is 0 Å². The normalized spacial score (nSPS) is 10.7. The van der Waals surface area contributed by atoms with E-state index in [1.54, 1.807) is 6.07 Å². The van der Waals surface area contributed by atoms with Gasteiger partial charge in [-0.05, 0) is 18.4 Å². The van der Waals surface area contributed by atoms with Crippen molar-refractivity contribution in [1.82, 2.24) is 0 Å². The van der Waals surface area contributed by atoms with Crippen molar-refractivity contribution in [3.05, 3.63) is 46.2 Å². The van der Waals surface area contributed by atoms with Gasteiger partial charge in [0, 0.05) is 15.9 Å². The molecule has 0 aliphatic heterocycles. The van der Waals surface area contributed by atoms with Crippen LogP contribution in [0.3, 0.4) is 0 Å². The van der Waals surface area contributed by atoms with Crippen molar-refractivity contribution in [2.45, 2.75) is 6.92 Å². The molecule has 0 fully saturated rings. The van der Waals surface area contributed by atoms with Crippen molar-refractivity contribution in [2.75, 3.05) is 0 Å². The van der Waals surface area contributed by atoms with Gasteiger partial charge in [-0.3, -0.25) is 0 Å². The van der Waals surface area contributed by atoms with Crippen molar-refractivity contribution in [3.63, 3.8) is 0 Å². The first-order valence-corrected chi connectivity index (χ1v) is 4.74. The van der Waals surface area contributed by atoms with E-state index in [2.05, 4.69) is 22.0 Å². The Balaban J connectivity index is 2.86. The molecule has 13 heavy (non-hydrogen) atoms. The maximum Gasteiger partial charge on any atom is 0.132 e. The predicted octanol–water partition coefficient (Wildman–Crippen LogP) is 3.85. The zero-order chi connectivity index (χ0) is 9.42. The van der Waals surface area contributed by atoms with E-state index in [-0.39, 0.29) is 5.82 Å². The average Bonchev–Trinajstić information content (AvgIpc) is 2.02. The Bertz CT molecular complexity index is 458. The van der Waals surface area contributed by atoms with Gasteiger partial charge in [-0.1, -0.05) is 39.7 Å². The molecule has 0 spiro atoms. The summed E-state index contributed by atoms with van der Waals surface area (Å²) >= 11 is 3.21. The van der Waals surface area contributed by atoms with Crippen LogP contribution in [-0.2, 0) is 0 Å². The Morgan fingerprint density at radius 2 is 2.08 bits per heavy atom. The number of rotatable bonds is 0. The first-order chi connectivity index (χ1) is 6.16. The van der Waals surface area contributed by atoms with Crippen LogP contribution < -0.4 is 0 Å². The van der Waals surface area contributed by atoms with E-state index in [0.29, 0.717) is 9.86 Å². The molecule has 0 saturated heterocycles. The molecular weight excluding hydrogens is 231 g/mol. The number of benzene rings is 2. The first kappa shape index (κ1) is 8.70. The van der Waals surface area contributed by atoms with E-state index in [9.17, 15) is 4.39 Å². The summed E-state index contributed by atoms with van der Waals surface area (Å²) in [4.78, 5) is 0. The second-order valence-electron chi connectivity index (χ2n) is 3.01. The van der Waals surface area contributed by atoms with Gasteiger partial charge >= 0.3 is 0 Å². The van der Waals surface area contributed by atoms with Crippen LogP contribution in [0.4, 0.5) is 4.39 Å². The fourth-order valence-corrected chi connectivity index (χ4v) is 1.74. The number of hydrogen-bond donors (Lipinski definition) is 0. The molecule has 2 heteroatoms. The lowest BCUT2D eigenvalue weighted by Gasteiger charge is -2.01. The Kier molecular flexibility index (Phi) is 2.08. The molecule has 1 radical (unpaired) electrons. The summed E-state index contributed by atoms with van der Waals surface area (Å²) in [7, 11) is 0. The van der Waals surface area contributed by atoms with Gasteiger partial charge in [0.05, 0.1) is 0 Å². The minimum absolute atomic E-state index is 0.208. The monoisotopic (exact) mass is 237 g/mol. The van der Waals surface area contributed by atoms with Gasteiger partial charge in [0.25, 0.3) is 0 Å². The van der Waals surface area contributed by atoms with Crippen molar-refractivity contribution >= 4 is 26.7 Å². The summed E-state index contributed by atoms with van der Waals surface area (Å²) in [5.41, 5.74) is 1.11. The van der Waals surface area contributed by atoms with Gasteiger partial charge in [-0.2, -0.15) is 0 Å². The molecule has 0 N–H and O–H groups in total. The van der Waals surface area contributed by atoms with Crippen LogP contribution in [0.2, 0.25) is 0 Å². The van der Waals surface area contributed by atoms with Gasteiger partial charge in [-0.25, -0.2) is 4.39 Å². The summed E-state index contributed by atoms with van der Waals surface area (Å²) in [6.45, 7) is 1.98. The molecule has 2 aromatic rings. The van der Waals surface area contributed by atoms with Crippen LogP contribution in [0, 0.1) is 18.8 Å². The number of aryl methyl sites for hydroxylation is 1. The third kappa shape index (κ3) is 1.59. The highest BCUT2D eigenvalue weighted by molar-refractivity contribution is 9.10. The molecule has 0 bridgehead atoms. The molecule has 0 unspecified atom stereocenters.